The van der Waals surface area contributed by atoms with Crippen LogP contribution in [0.2, 0.25) is 5.02 Å². The Hall–Kier alpha value is -3.20. The number of para-hydroxylation sites is 2. The van der Waals surface area contributed by atoms with Gasteiger partial charge in [-0.1, -0.05) is 54.1 Å². The summed E-state index contributed by atoms with van der Waals surface area (Å²) in [6, 6.07) is 23.3. The highest BCUT2D eigenvalue weighted by atomic mass is 35.5. The number of aryl methyl sites for hydroxylation is 1. The number of amides is 1. The Bertz CT molecular complexity index is 1550. The zero-order chi connectivity index (χ0) is 30.0. The van der Waals surface area contributed by atoms with Crippen molar-refractivity contribution in [1.82, 2.24) is 19.4 Å². The molecule has 226 valence electrons. The zero-order valence-corrected chi connectivity index (χ0v) is 26.1. The SMILES string of the molecule is Cc1nc2ccccc2n1C1C[C@H]2CC[C@@H](C1)N2CCC1(c2ccccc2)CCN(C(=O)c2sccc2Cl)CC1.O=CO. The van der Waals surface area contributed by atoms with Crippen LogP contribution in [-0.2, 0) is 10.2 Å². The number of thiophene rings is 1. The van der Waals surface area contributed by atoms with E-state index in [1.54, 1.807) is 0 Å². The van der Waals surface area contributed by atoms with Gasteiger partial charge < -0.3 is 14.6 Å². The lowest BCUT2D eigenvalue weighted by atomic mass is 9.70. The third-order valence-electron chi connectivity index (χ3n) is 10.1. The van der Waals surface area contributed by atoms with Gasteiger partial charge in [-0.3, -0.25) is 14.5 Å². The molecule has 0 radical (unpaired) electrons. The fourth-order valence-electron chi connectivity index (χ4n) is 7.99. The molecule has 1 unspecified atom stereocenters. The van der Waals surface area contributed by atoms with E-state index in [4.69, 9.17) is 26.5 Å². The van der Waals surface area contributed by atoms with E-state index in [-0.39, 0.29) is 17.8 Å². The second-order valence-electron chi connectivity index (χ2n) is 12.2. The number of imidazole rings is 1. The average Bonchev–Trinajstić information content (AvgIpc) is 3.68. The summed E-state index contributed by atoms with van der Waals surface area (Å²) >= 11 is 7.76. The van der Waals surface area contributed by atoms with Crippen LogP contribution in [0, 0.1) is 6.92 Å². The van der Waals surface area contributed by atoms with Crippen LogP contribution in [0.3, 0.4) is 0 Å². The lowest BCUT2D eigenvalue weighted by Crippen LogP contribution is -2.49. The quantitative estimate of drug-likeness (QED) is 0.231. The number of carboxylic acid groups (broad SMARTS) is 1. The number of piperidine rings is 2. The summed E-state index contributed by atoms with van der Waals surface area (Å²) in [5, 5.41) is 9.37. The topological polar surface area (TPSA) is 78.7 Å². The molecule has 43 heavy (non-hydrogen) atoms. The van der Waals surface area contributed by atoms with E-state index in [0.29, 0.717) is 28.0 Å². The fraction of sp³-hybridized carbons (Fsp3) is 0.441. The summed E-state index contributed by atoms with van der Waals surface area (Å²) in [5.41, 5.74) is 3.93. The molecule has 3 aliphatic heterocycles. The minimum absolute atomic E-state index is 0.0871. The molecule has 1 amide bonds. The van der Waals surface area contributed by atoms with E-state index >= 15 is 0 Å². The molecule has 0 spiro atoms. The molecular formula is C34H39ClN4O3S. The third kappa shape index (κ3) is 5.85. The van der Waals surface area contributed by atoms with Gasteiger partial charge in [0.1, 0.15) is 10.7 Å². The largest absolute Gasteiger partial charge is 0.483 e. The monoisotopic (exact) mass is 618 g/mol. The van der Waals surface area contributed by atoms with Crippen molar-refractivity contribution in [3.05, 3.63) is 87.3 Å². The number of rotatable bonds is 6. The van der Waals surface area contributed by atoms with Gasteiger partial charge in [0.25, 0.3) is 12.4 Å². The van der Waals surface area contributed by atoms with Crippen molar-refractivity contribution in [2.24, 2.45) is 0 Å². The van der Waals surface area contributed by atoms with E-state index in [2.05, 4.69) is 71.0 Å². The van der Waals surface area contributed by atoms with Gasteiger partial charge in [-0.2, -0.15) is 0 Å². The number of benzene rings is 2. The Morgan fingerprint density at radius 2 is 1.67 bits per heavy atom. The lowest BCUT2D eigenvalue weighted by molar-refractivity contribution is -0.122. The molecule has 7 nitrogen and oxygen atoms in total. The van der Waals surface area contributed by atoms with Crippen molar-refractivity contribution in [1.29, 1.82) is 0 Å². The molecule has 2 aromatic carbocycles. The Kier molecular flexibility index (Phi) is 8.89. The van der Waals surface area contributed by atoms with Gasteiger partial charge in [0, 0.05) is 31.2 Å². The van der Waals surface area contributed by atoms with Crippen molar-refractivity contribution in [3.63, 3.8) is 0 Å². The molecule has 3 atom stereocenters. The highest BCUT2D eigenvalue weighted by Gasteiger charge is 2.44. The molecule has 9 heteroatoms. The van der Waals surface area contributed by atoms with E-state index in [1.807, 2.05) is 16.3 Å². The molecule has 2 aromatic heterocycles. The van der Waals surface area contributed by atoms with Crippen LogP contribution in [0.5, 0.6) is 0 Å². The first-order valence-electron chi connectivity index (χ1n) is 15.3. The maximum atomic E-state index is 13.2. The Balaban J connectivity index is 0.00000105. The fourth-order valence-corrected chi connectivity index (χ4v) is 9.10. The number of fused-ring (bicyclic) bond motifs is 3. The van der Waals surface area contributed by atoms with Crippen molar-refractivity contribution >= 4 is 46.4 Å². The maximum Gasteiger partial charge on any atom is 0.290 e. The van der Waals surface area contributed by atoms with Crippen molar-refractivity contribution < 1.29 is 14.7 Å². The molecule has 5 heterocycles. The molecule has 2 bridgehead atoms. The molecule has 1 N–H and O–H groups in total. The molecule has 0 saturated carbocycles. The molecular weight excluding hydrogens is 580 g/mol. The van der Waals surface area contributed by atoms with Gasteiger partial charge in [0.2, 0.25) is 0 Å². The number of likely N-dealkylation sites (tertiary alicyclic amines) is 1. The smallest absolute Gasteiger partial charge is 0.290 e. The van der Waals surface area contributed by atoms with Gasteiger partial charge in [0.15, 0.2) is 0 Å². The average molecular weight is 619 g/mol. The first-order valence-corrected chi connectivity index (χ1v) is 16.5. The molecule has 4 aromatic rings. The van der Waals surface area contributed by atoms with Crippen LogP contribution < -0.4 is 0 Å². The van der Waals surface area contributed by atoms with E-state index in [1.165, 1.54) is 48.1 Å². The zero-order valence-electron chi connectivity index (χ0n) is 24.6. The van der Waals surface area contributed by atoms with Crippen LogP contribution in [0.4, 0.5) is 0 Å². The molecule has 3 aliphatic rings. The van der Waals surface area contributed by atoms with Crippen molar-refractivity contribution in [2.45, 2.75) is 75.4 Å². The van der Waals surface area contributed by atoms with Crippen molar-refractivity contribution in [2.75, 3.05) is 19.6 Å². The number of carbonyl (C=O) groups is 2. The maximum absolute atomic E-state index is 13.2. The second-order valence-corrected chi connectivity index (χ2v) is 13.5. The van der Waals surface area contributed by atoms with Gasteiger partial charge in [0.05, 0.1) is 16.1 Å². The standard InChI is InChI=1S/C33H37ClN4OS.CH2O2/c1-23-35-29-9-5-6-10-30(29)38(23)27-21-25-11-12-26(22-27)37(25)19-16-33(24-7-3-2-4-8-24)14-17-36(18-15-33)32(39)31-28(34)13-20-40-31;2-1-3/h2-10,13,20,25-27H,11-12,14-19,21-22H2,1H3;1H,(H,2,3)/t25-,26+,27?;. The summed E-state index contributed by atoms with van der Waals surface area (Å²) < 4.78 is 2.52. The van der Waals surface area contributed by atoms with Crippen LogP contribution in [-0.4, -0.2) is 68.6 Å². The first kappa shape index (κ1) is 29.9. The highest BCUT2D eigenvalue weighted by Crippen LogP contribution is 2.45. The Labute approximate surface area is 262 Å². The highest BCUT2D eigenvalue weighted by molar-refractivity contribution is 7.12. The Morgan fingerprint density at radius 3 is 2.33 bits per heavy atom. The van der Waals surface area contributed by atoms with Crippen LogP contribution in [0.25, 0.3) is 11.0 Å². The summed E-state index contributed by atoms with van der Waals surface area (Å²) in [5.74, 6) is 1.23. The molecule has 7 rings (SSSR count). The number of nitrogens with zero attached hydrogens (tertiary/aromatic N) is 4. The molecule has 3 fully saturated rings. The lowest BCUT2D eigenvalue weighted by Gasteiger charge is -2.45. The predicted octanol–water partition coefficient (Wildman–Crippen LogP) is 7.19. The predicted molar refractivity (Wildman–Crippen MR) is 172 cm³/mol. The van der Waals surface area contributed by atoms with Crippen LogP contribution in [0.15, 0.2) is 66.0 Å². The third-order valence-corrected chi connectivity index (χ3v) is 11.4. The van der Waals surface area contributed by atoms with Crippen LogP contribution >= 0.6 is 22.9 Å². The number of halogens is 1. The summed E-state index contributed by atoms with van der Waals surface area (Å²) in [6.07, 6.45) is 8.16. The summed E-state index contributed by atoms with van der Waals surface area (Å²) in [7, 11) is 0. The number of aromatic nitrogens is 2. The first-order chi connectivity index (χ1) is 20.9. The minimum Gasteiger partial charge on any atom is -0.483 e. The van der Waals surface area contributed by atoms with Crippen molar-refractivity contribution in [3.8, 4) is 0 Å². The van der Waals surface area contributed by atoms with Gasteiger partial charge in [-0.25, -0.2) is 4.98 Å². The van der Waals surface area contributed by atoms with E-state index in [0.717, 1.165) is 50.2 Å². The number of carbonyl (C=O) groups excluding carboxylic acids is 1. The summed E-state index contributed by atoms with van der Waals surface area (Å²) in [6.45, 7) is 4.61. The molecule has 3 saturated heterocycles. The van der Waals surface area contributed by atoms with Gasteiger partial charge in [-0.05, 0) is 93.0 Å². The van der Waals surface area contributed by atoms with E-state index < -0.39 is 0 Å². The van der Waals surface area contributed by atoms with Crippen LogP contribution in [0.1, 0.15) is 72.0 Å². The van der Waals surface area contributed by atoms with Gasteiger partial charge in [-0.15, -0.1) is 11.3 Å². The minimum atomic E-state index is -0.250. The summed E-state index contributed by atoms with van der Waals surface area (Å²) in [4.78, 5) is 32.0. The second kappa shape index (κ2) is 12.8. The molecule has 0 aliphatic carbocycles. The number of hydrogen-bond acceptors (Lipinski definition) is 5. The van der Waals surface area contributed by atoms with Gasteiger partial charge >= 0.3 is 0 Å². The Morgan fingerprint density at radius 1 is 1.02 bits per heavy atom. The number of hydrogen-bond donors (Lipinski definition) is 1. The van der Waals surface area contributed by atoms with E-state index in [9.17, 15) is 4.79 Å². The normalized spacial score (nSPS) is 23.1.